The zero-order valence-electron chi connectivity index (χ0n) is 9.08. The summed E-state index contributed by atoms with van der Waals surface area (Å²) < 4.78 is 38.3. The van der Waals surface area contributed by atoms with E-state index in [1.165, 1.54) is 17.4 Å². The third-order valence-electron chi connectivity index (χ3n) is 2.62. The summed E-state index contributed by atoms with van der Waals surface area (Å²) in [5.41, 5.74) is -0.633. The molecule has 0 aliphatic rings. The maximum Gasteiger partial charge on any atom is 0.416 e. The molecule has 2 rings (SSSR count). The number of hydrogen-bond acceptors (Lipinski definition) is 2. The first-order valence-electron chi connectivity index (χ1n) is 5.13. The molecule has 5 heteroatoms. The Morgan fingerprint density at radius 3 is 2.59 bits per heavy atom. The van der Waals surface area contributed by atoms with Crippen molar-refractivity contribution in [2.45, 2.75) is 19.0 Å². The van der Waals surface area contributed by atoms with Crippen LogP contribution in [0.4, 0.5) is 13.2 Å². The second kappa shape index (κ2) is 4.31. The van der Waals surface area contributed by atoms with Crippen LogP contribution in [0.3, 0.4) is 0 Å². The van der Waals surface area contributed by atoms with Crippen molar-refractivity contribution in [3.63, 3.8) is 0 Å². The van der Waals surface area contributed by atoms with Gasteiger partial charge in [-0.2, -0.15) is 13.2 Å². The highest BCUT2D eigenvalue weighted by molar-refractivity contribution is 7.19. The van der Waals surface area contributed by atoms with Crippen LogP contribution >= 0.6 is 11.3 Å². The topological polar surface area (TPSA) is 20.2 Å². The number of aliphatic hydroxyl groups excluding tert-OH is 1. The Kier molecular flexibility index (Phi) is 3.14. The first-order valence-corrected chi connectivity index (χ1v) is 5.95. The average Bonchev–Trinajstić information content (AvgIpc) is 2.69. The standard InChI is InChI=1S/C12H11F3OS/c1-7(6-16)11-5-8-4-9(12(13,14)15)2-3-10(8)17-11/h2-5,7,16H,6H2,1H3. The fourth-order valence-corrected chi connectivity index (χ4v) is 2.66. The van der Waals surface area contributed by atoms with E-state index in [-0.39, 0.29) is 12.5 Å². The summed E-state index contributed by atoms with van der Waals surface area (Å²) in [6.45, 7) is 1.84. The highest BCUT2D eigenvalue weighted by atomic mass is 32.1. The Morgan fingerprint density at radius 2 is 2.00 bits per heavy atom. The summed E-state index contributed by atoms with van der Waals surface area (Å²) in [5, 5.41) is 9.61. The second-order valence-electron chi connectivity index (χ2n) is 3.98. The number of rotatable bonds is 2. The van der Waals surface area contributed by atoms with E-state index in [0.29, 0.717) is 5.39 Å². The molecule has 1 heterocycles. The fourth-order valence-electron chi connectivity index (χ4n) is 1.57. The van der Waals surface area contributed by atoms with Gasteiger partial charge < -0.3 is 5.11 Å². The number of aliphatic hydroxyl groups is 1. The summed E-state index contributed by atoms with van der Waals surface area (Å²) in [5.74, 6) is -0.0401. The Bertz CT molecular complexity index is 530. The van der Waals surface area contributed by atoms with Gasteiger partial charge in [0.25, 0.3) is 0 Å². The quantitative estimate of drug-likeness (QED) is 0.864. The molecule has 0 aliphatic carbocycles. The molecule has 1 N–H and O–H groups in total. The van der Waals surface area contributed by atoms with E-state index in [0.717, 1.165) is 21.7 Å². The summed E-state index contributed by atoms with van der Waals surface area (Å²) in [4.78, 5) is 0.904. The SMILES string of the molecule is CC(CO)c1cc2cc(C(F)(F)F)ccc2s1. The van der Waals surface area contributed by atoms with Crippen LogP contribution in [0, 0.1) is 0 Å². The van der Waals surface area contributed by atoms with Crippen LogP contribution < -0.4 is 0 Å². The lowest BCUT2D eigenvalue weighted by atomic mass is 10.1. The molecule has 1 aromatic heterocycles. The first-order chi connectivity index (χ1) is 7.91. The van der Waals surface area contributed by atoms with Gasteiger partial charge in [-0.1, -0.05) is 6.92 Å². The van der Waals surface area contributed by atoms with Gasteiger partial charge in [0.1, 0.15) is 0 Å². The average molecular weight is 260 g/mol. The number of thiophene rings is 1. The fraction of sp³-hybridized carbons (Fsp3) is 0.333. The van der Waals surface area contributed by atoms with Crippen LogP contribution in [-0.4, -0.2) is 11.7 Å². The summed E-state index contributed by atoms with van der Waals surface area (Å²) in [6.07, 6.45) is -4.31. The van der Waals surface area contributed by atoms with Crippen LogP contribution in [0.2, 0.25) is 0 Å². The van der Waals surface area contributed by atoms with Crippen molar-refractivity contribution in [3.8, 4) is 0 Å². The molecule has 1 aromatic carbocycles. The first kappa shape index (κ1) is 12.4. The molecule has 0 amide bonds. The zero-order valence-corrected chi connectivity index (χ0v) is 9.90. The highest BCUT2D eigenvalue weighted by Crippen LogP contribution is 2.35. The molecule has 0 bridgehead atoms. The van der Waals surface area contributed by atoms with Gasteiger partial charge in [-0.3, -0.25) is 0 Å². The predicted octanol–water partition coefficient (Wildman–Crippen LogP) is 4.02. The maximum absolute atomic E-state index is 12.5. The smallest absolute Gasteiger partial charge is 0.396 e. The molecule has 1 nitrogen and oxygen atoms in total. The molecule has 1 unspecified atom stereocenters. The molecule has 2 aromatic rings. The van der Waals surface area contributed by atoms with Crippen LogP contribution in [0.25, 0.3) is 10.1 Å². The van der Waals surface area contributed by atoms with Gasteiger partial charge in [-0.05, 0) is 29.7 Å². The van der Waals surface area contributed by atoms with Crippen molar-refractivity contribution in [1.29, 1.82) is 0 Å². The van der Waals surface area contributed by atoms with Crippen LogP contribution in [0.5, 0.6) is 0 Å². The molecular weight excluding hydrogens is 249 g/mol. The van der Waals surface area contributed by atoms with E-state index in [2.05, 4.69) is 0 Å². The van der Waals surface area contributed by atoms with Crippen LogP contribution in [-0.2, 0) is 6.18 Å². The van der Waals surface area contributed by atoms with Crippen molar-refractivity contribution in [2.75, 3.05) is 6.61 Å². The van der Waals surface area contributed by atoms with E-state index >= 15 is 0 Å². The Labute approximate surface area is 101 Å². The lowest BCUT2D eigenvalue weighted by Gasteiger charge is -2.05. The van der Waals surface area contributed by atoms with E-state index in [1.807, 2.05) is 6.92 Å². The third kappa shape index (κ3) is 2.45. The molecule has 0 saturated heterocycles. The van der Waals surface area contributed by atoms with E-state index in [9.17, 15) is 13.2 Å². The summed E-state index contributed by atoms with van der Waals surface area (Å²) in [7, 11) is 0. The number of halogens is 3. The largest absolute Gasteiger partial charge is 0.416 e. The summed E-state index contributed by atoms with van der Waals surface area (Å²) in [6, 6.07) is 5.44. The molecule has 0 saturated carbocycles. The minimum absolute atomic E-state index is 0.00104. The Balaban J connectivity index is 2.48. The van der Waals surface area contributed by atoms with Crippen LogP contribution in [0.15, 0.2) is 24.3 Å². The predicted molar refractivity (Wildman–Crippen MR) is 62.3 cm³/mol. The van der Waals surface area contributed by atoms with Crippen molar-refractivity contribution in [1.82, 2.24) is 0 Å². The van der Waals surface area contributed by atoms with Gasteiger partial charge in [-0.25, -0.2) is 0 Å². The van der Waals surface area contributed by atoms with Gasteiger partial charge >= 0.3 is 6.18 Å². The molecule has 0 fully saturated rings. The van der Waals surface area contributed by atoms with E-state index in [1.54, 1.807) is 6.07 Å². The molecule has 1 atom stereocenters. The number of hydrogen-bond donors (Lipinski definition) is 1. The van der Waals surface area contributed by atoms with Gasteiger partial charge in [0.2, 0.25) is 0 Å². The molecule has 0 spiro atoms. The number of alkyl halides is 3. The Morgan fingerprint density at radius 1 is 1.29 bits per heavy atom. The third-order valence-corrected chi connectivity index (χ3v) is 3.97. The van der Waals surface area contributed by atoms with Gasteiger partial charge in [0.05, 0.1) is 12.2 Å². The molecule has 92 valence electrons. The normalized spacial score (nSPS) is 14.2. The lowest BCUT2D eigenvalue weighted by molar-refractivity contribution is -0.137. The van der Waals surface area contributed by atoms with Crippen molar-refractivity contribution in [2.24, 2.45) is 0 Å². The number of fused-ring (bicyclic) bond motifs is 1. The van der Waals surface area contributed by atoms with Gasteiger partial charge in [-0.15, -0.1) is 11.3 Å². The zero-order chi connectivity index (χ0) is 12.6. The van der Waals surface area contributed by atoms with Crippen molar-refractivity contribution < 1.29 is 18.3 Å². The minimum Gasteiger partial charge on any atom is -0.396 e. The van der Waals surface area contributed by atoms with Crippen molar-refractivity contribution in [3.05, 3.63) is 34.7 Å². The van der Waals surface area contributed by atoms with E-state index in [4.69, 9.17) is 5.11 Å². The van der Waals surface area contributed by atoms with Crippen molar-refractivity contribution >= 4 is 21.4 Å². The molecule has 0 radical (unpaired) electrons. The molecule has 0 aliphatic heterocycles. The van der Waals surface area contributed by atoms with Crippen LogP contribution in [0.1, 0.15) is 23.3 Å². The number of benzene rings is 1. The molecule has 17 heavy (non-hydrogen) atoms. The molecular formula is C12H11F3OS. The summed E-state index contributed by atoms with van der Waals surface area (Å²) >= 11 is 1.42. The monoisotopic (exact) mass is 260 g/mol. The second-order valence-corrected chi connectivity index (χ2v) is 5.10. The highest BCUT2D eigenvalue weighted by Gasteiger charge is 2.30. The van der Waals surface area contributed by atoms with Gasteiger partial charge in [0, 0.05) is 15.5 Å². The maximum atomic E-state index is 12.5. The Hall–Kier alpha value is -1.07. The minimum atomic E-state index is -4.31. The van der Waals surface area contributed by atoms with Gasteiger partial charge in [0.15, 0.2) is 0 Å². The van der Waals surface area contributed by atoms with E-state index < -0.39 is 11.7 Å². The lowest BCUT2D eigenvalue weighted by Crippen LogP contribution is -2.03.